The van der Waals surface area contributed by atoms with Crippen LogP contribution in [-0.4, -0.2) is 41.9 Å². The number of hydrogen-bond donors (Lipinski definition) is 3. The SMILES string of the molecule is CC(NC(=O)C(N)CC[PH](C)=O)C(=O)O. The fraction of sp³-hybridized carbons (Fsp3) is 0.750. The molecule has 3 unspecified atom stereocenters. The Balaban J connectivity index is 3.99. The summed E-state index contributed by atoms with van der Waals surface area (Å²) >= 11 is 0. The number of carbonyl (C=O) groups excluding carboxylic acids is 1. The van der Waals surface area contributed by atoms with E-state index in [-0.39, 0.29) is 0 Å². The van der Waals surface area contributed by atoms with Crippen molar-refractivity contribution in [3.63, 3.8) is 0 Å². The molecule has 0 aromatic rings. The van der Waals surface area contributed by atoms with Gasteiger partial charge in [-0.1, -0.05) is 0 Å². The van der Waals surface area contributed by atoms with E-state index < -0.39 is 31.8 Å². The number of carboxylic acid groups (broad SMARTS) is 1. The van der Waals surface area contributed by atoms with Gasteiger partial charge in [0.15, 0.2) is 0 Å². The lowest BCUT2D eigenvalue weighted by atomic mass is 10.2. The summed E-state index contributed by atoms with van der Waals surface area (Å²) in [6.07, 6.45) is 0.715. The molecule has 88 valence electrons. The molecule has 0 saturated carbocycles. The number of amides is 1. The van der Waals surface area contributed by atoms with E-state index in [4.69, 9.17) is 10.8 Å². The lowest BCUT2D eigenvalue weighted by Gasteiger charge is -2.14. The van der Waals surface area contributed by atoms with Crippen LogP contribution in [0.5, 0.6) is 0 Å². The smallest absolute Gasteiger partial charge is 0.325 e. The highest BCUT2D eigenvalue weighted by molar-refractivity contribution is 7.43. The predicted molar refractivity (Wildman–Crippen MR) is 57.6 cm³/mol. The van der Waals surface area contributed by atoms with E-state index in [1.807, 2.05) is 0 Å². The highest BCUT2D eigenvalue weighted by Gasteiger charge is 2.19. The van der Waals surface area contributed by atoms with Crippen molar-refractivity contribution in [2.75, 3.05) is 12.8 Å². The first-order valence-electron chi connectivity index (χ1n) is 4.62. The van der Waals surface area contributed by atoms with Crippen LogP contribution in [0.3, 0.4) is 0 Å². The number of nitrogens with one attached hydrogen (secondary N) is 1. The minimum atomic E-state index is -1.63. The lowest BCUT2D eigenvalue weighted by molar-refractivity contribution is -0.141. The first-order valence-corrected chi connectivity index (χ1v) is 6.74. The quantitative estimate of drug-likeness (QED) is 0.538. The van der Waals surface area contributed by atoms with Crippen LogP contribution in [0.25, 0.3) is 0 Å². The van der Waals surface area contributed by atoms with Gasteiger partial charge in [-0.3, -0.25) is 9.59 Å². The number of carboxylic acids is 1. The summed E-state index contributed by atoms with van der Waals surface area (Å²) in [5, 5.41) is 10.8. The summed E-state index contributed by atoms with van der Waals surface area (Å²) in [6.45, 7) is 2.95. The van der Waals surface area contributed by atoms with E-state index in [1.54, 1.807) is 6.66 Å². The summed E-state index contributed by atoms with van der Waals surface area (Å²) in [4.78, 5) is 21.7. The minimum absolute atomic E-state index is 0.312. The minimum Gasteiger partial charge on any atom is -0.480 e. The molecule has 0 aliphatic rings. The Morgan fingerprint density at radius 1 is 1.53 bits per heavy atom. The van der Waals surface area contributed by atoms with E-state index in [0.717, 1.165) is 0 Å². The molecule has 0 spiro atoms. The van der Waals surface area contributed by atoms with Crippen molar-refractivity contribution in [1.29, 1.82) is 0 Å². The van der Waals surface area contributed by atoms with Crippen LogP contribution in [0.1, 0.15) is 13.3 Å². The second-order valence-electron chi connectivity index (χ2n) is 3.42. The average Bonchev–Trinajstić information content (AvgIpc) is 2.13. The zero-order chi connectivity index (χ0) is 12.0. The largest absolute Gasteiger partial charge is 0.480 e. The molecule has 4 N–H and O–H groups in total. The molecule has 0 bridgehead atoms. The third kappa shape index (κ3) is 6.25. The van der Waals surface area contributed by atoms with E-state index in [0.29, 0.717) is 12.6 Å². The monoisotopic (exact) mass is 236 g/mol. The molecule has 0 aliphatic carbocycles. The third-order valence-corrected chi connectivity index (χ3v) is 2.87. The second kappa shape index (κ2) is 6.58. The summed E-state index contributed by atoms with van der Waals surface area (Å²) in [5.41, 5.74) is 5.49. The molecule has 0 aromatic heterocycles. The van der Waals surface area contributed by atoms with E-state index in [1.165, 1.54) is 6.92 Å². The predicted octanol–water partition coefficient (Wildman–Crippen LogP) is -0.517. The van der Waals surface area contributed by atoms with Crippen LogP contribution in [-0.2, 0) is 14.2 Å². The summed E-state index contributed by atoms with van der Waals surface area (Å²) in [5.74, 6) is -1.63. The van der Waals surface area contributed by atoms with Crippen molar-refractivity contribution < 1.29 is 19.3 Å². The third-order valence-electron chi connectivity index (χ3n) is 1.87. The fourth-order valence-electron chi connectivity index (χ4n) is 0.872. The first kappa shape index (κ1) is 14.1. The molecular weight excluding hydrogens is 219 g/mol. The zero-order valence-electron chi connectivity index (χ0n) is 8.82. The van der Waals surface area contributed by atoms with Gasteiger partial charge in [-0.05, 0) is 20.0 Å². The molecule has 0 fully saturated rings. The molecule has 0 rings (SSSR count). The van der Waals surface area contributed by atoms with Crippen LogP contribution < -0.4 is 11.1 Å². The Kier molecular flexibility index (Phi) is 6.20. The molecule has 0 aliphatic heterocycles. The molecule has 6 nitrogen and oxygen atoms in total. The van der Waals surface area contributed by atoms with Crippen LogP contribution in [0.2, 0.25) is 0 Å². The number of aliphatic carboxylic acids is 1. The van der Waals surface area contributed by atoms with Gasteiger partial charge in [0.05, 0.1) is 13.8 Å². The Hall–Kier alpha value is -0.870. The van der Waals surface area contributed by atoms with Crippen molar-refractivity contribution in [2.24, 2.45) is 5.73 Å². The van der Waals surface area contributed by atoms with E-state index in [2.05, 4.69) is 5.32 Å². The maximum atomic E-state index is 11.3. The molecule has 1 amide bonds. The first-order chi connectivity index (χ1) is 6.84. The number of hydrogen-bond acceptors (Lipinski definition) is 4. The van der Waals surface area contributed by atoms with Gasteiger partial charge in [-0.25, -0.2) is 0 Å². The fourth-order valence-corrected chi connectivity index (χ4v) is 1.59. The zero-order valence-corrected chi connectivity index (χ0v) is 9.82. The maximum absolute atomic E-state index is 11.3. The van der Waals surface area contributed by atoms with Gasteiger partial charge in [0.25, 0.3) is 0 Å². The molecule has 3 atom stereocenters. The molecule has 0 aromatic carbocycles. The van der Waals surface area contributed by atoms with Gasteiger partial charge in [-0.15, -0.1) is 0 Å². The Morgan fingerprint density at radius 3 is 2.47 bits per heavy atom. The molecule has 0 radical (unpaired) electrons. The molecule has 7 heteroatoms. The van der Waals surface area contributed by atoms with Crippen LogP contribution in [0.15, 0.2) is 0 Å². The summed E-state index contributed by atoms with van der Waals surface area (Å²) in [6, 6.07) is -1.75. The molecule has 0 saturated heterocycles. The van der Waals surface area contributed by atoms with Crippen molar-refractivity contribution >= 4 is 19.7 Å². The molecular formula is C8H17N2O4P. The van der Waals surface area contributed by atoms with Gasteiger partial charge in [0, 0.05) is 6.16 Å². The lowest BCUT2D eigenvalue weighted by Crippen LogP contribution is -2.47. The van der Waals surface area contributed by atoms with Gasteiger partial charge >= 0.3 is 5.97 Å². The van der Waals surface area contributed by atoms with Gasteiger partial charge < -0.3 is 20.7 Å². The van der Waals surface area contributed by atoms with E-state index >= 15 is 0 Å². The number of carbonyl (C=O) groups is 2. The number of nitrogens with two attached hydrogens (primary N) is 1. The van der Waals surface area contributed by atoms with Gasteiger partial charge in [0.2, 0.25) is 5.91 Å². The van der Waals surface area contributed by atoms with Gasteiger partial charge in [0.1, 0.15) is 6.04 Å². The highest BCUT2D eigenvalue weighted by atomic mass is 31.1. The second-order valence-corrected chi connectivity index (χ2v) is 5.32. The molecule has 0 heterocycles. The van der Waals surface area contributed by atoms with E-state index in [9.17, 15) is 14.2 Å². The van der Waals surface area contributed by atoms with Crippen LogP contribution >= 0.6 is 7.80 Å². The topological polar surface area (TPSA) is 109 Å². The molecule has 15 heavy (non-hydrogen) atoms. The van der Waals surface area contributed by atoms with Crippen LogP contribution in [0.4, 0.5) is 0 Å². The summed E-state index contributed by atoms with van der Waals surface area (Å²) in [7, 11) is -1.63. The average molecular weight is 236 g/mol. The van der Waals surface area contributed by atoms with Crippen molar-refractivity contribution in [2.45, 2.75) is 25.4 Å². The van der Waals surface area contributed by atoms with Crippen molar-refractivity contribution in [1.82, 2.24) is 5.32 Å². The Labute approximate surface area is 89.0 Å². The summed E-state index contributed by atoms with van der Waals surface area (Å²) < 4.78 is 10.8. The highest BCUT2D eigenvalue weighted by Crippen LogP contribution is 2.15. The maximum Gasteiger partial charge on any atom is 0.325 e. The standard InChI is InChI=1S/C8H17N2O4P/c1-5(8(12)13)10-7(11)6(9)3-4-15(2)14/h5-6,15H,3-4,9H2,1-2H3,(H,10,11)(H,12,13). The number of rotatable bonds is 6. The van der Waals surface area contributed by atoms with Gasteiger partial charge in [-0.2, -0.15) is 0 Å². The van der Waals surface area contributed by atoms with Crippen molar-refractivity contribution in [3.05, 3.63) is 0 Å². The normalized spacial score (nSPS) is 16.5. The van der Waals surface area contributed by atoms with Crippen molar-refractivity contribution in [3.8, 4) is 0 Å². The van der Waals surface area contributed by atoms with Crippen LogP contribution in [0, 0.1) is 0 Å². The Bertz CT molecular complexity index is 269. The Morgan fingerprint density at radius 2 is 2.07 bits per heavy atom.